The summed E-state index contributed by atoms with van der Waals surface area (Å²) in [7, 11) is 0. The van der Waals surface area contributed by atoms with Gasteiger partial charge in [-0.15, -0.1) is 6.58 Å². The Bertz CT molecular complexity index is 479. The van der Waals surface area contributed by atoms with Crippen LogP contribution in [-0.2, 0) is 11.2 Å². The summed E-state index contributed by atoms with van der Waals surface area (Å²) < 4.78 is 0. The van der Waals surface area contributed by atoms with Crippen molar-refractivity contribution in [2.45, 2.75) is 13.3 Å². The molecule has 1 aliphatic rings. The normalized spacial score (nSPS) is 16.6. The zero-order chi connectivity index (χ0) is 15.1. The number of amides is 1. The molecule has 0 unspecified atom stereocenters. The Labute approximate surface area is 127 Å². The fourth-order valence-electron chi connectivity index (χ4n) is 2.66. The van der Waals surface area contributed by atoms with Gasteiger partial charge < -0.3 is 5.32 Å². The number of hydrogen-bond donors (Lipinski definition) is 1. The molecule has 1 aliphatic heterocycles. The van der Waals surface area contributed by atoms with E-state index in [9.17, 15) is 4.79 Å². The lowest BCUT2D eigenvalue weighted by molar-refractivity contribution is -0.117. The van der Waals surface area contributed by atoms with Gasteiger partial charge in [-0.05, 0) is 18.1 Å². The van der Waals surface area contributed by atoms with E-state index in [1.54, 1.807) is 0 Å². The number of hydrogen-bond acceptors (Lipinski definition) is 3. The van der Waals surface area contributed by atoms with Crippen molar-refractivity contribution < 1.29 is 4.79 Å². The molecule has 21 heavy (non-hydrogen) atoms. The number of nitrogens with zero attached hydrogens (tertiary/aromatic N) is 2. The van der Waals surface area contributed by atoms with E-state index >= 15 is 0 Å². The quantitative estimate of drug-likeness (QED) is 0.813. The largest absolute Gasteiger partial charge is 0.325 e. The van der Waals surface area contributed by atoms with Gasteiger partial charge in [0.1, 0.15) is 0 Å². The monoisotopic (exact) mass is 287 g/mol. The standard InChI is InChI=1S/C17H25N3O/c1-3-9-19-10-12-20(13-11-19)14-17(21)18-16-8-6-5-7-15(16)4-2/h3,5-8H,1,4,9-14H2,2H3,(H,18,21). The Morgan fingerprint density at radius 1 is 1.24 bits per heavy atom. The van der Waals surface area contributed by atoms with Crippen molar-refractivity contribution in [1.82, 2.24) is 9.80 Å². The zero-order valence-electron chi connectivity index (χ0n) is 12.8. The highest BCUT2D eigenvalue weighted by Gasteiger charge is 2.18. The molecule has 1 amide bonds. The topological polar surface area (TPSA) is 35.6 Å². The molecule has 4 nitrogen and oxygen atoms in total. The molecule has 0 saturated carbocycles. The van der Waals surface area contributed by atoms with Crippen LogP contribution in [-0.4, -0.2) is 55.0 Å². The van der Waals surface area contributed by atoms with E-state index in [4.69, 9.17) is 0 Å². The van der Waals surface area contributed by atoms with Crippen LogP contribution in [0.2, 0.25) is 0 Å². The van der Waals surface area contributed by atoms with E-state index in [1.165, 1.54) is 5.56 Å². The second-order valence-electron chi connectivity index (χ2n) is 5.42. The summed E-state index contributed by atoms with van der Waals surface area (Å²) in [6.45, 7) is 11.2. The molecule has 1 aromatic rings. The molecule has 0 bridgehead atoms. The van der Waals surface area contributed by atoms with Gasteiger partial charge in [-0.3, -0.25) is 14.6 Å². The lowest BCUT2D eigenvalue weighted by atomic mass is 10.1. The Balaban J connectivity index is 1.81. The molecule has 1 N–H and O–H groups in total. The molecule has 1 aromatic carbocycles. The summed E-state index contributed by atoms with van der Waals surface area (Å²) in [5.74, 6) is 0.0769. The second-order valence-corrected chi connectivity index (χ2v) is 5.42. The molecule has 1 saturated heterocycles. The molecule has 114 valence electrons. The highest BCUT2D eigenvalue weighted by Crippen LogP contribution is 2.15. The van der Waals surface area contributed by atoms with Crippen LogP contribution < -0.4 is 5.32 Å². The van der Waals surface area contributed by atoms with Gasteiger partial charge in [0, 0.05) is 38.4 Å². The van der Waals surface area contributed by atoms with Crippen molar-refractivity contribution in [3.63, 3.8) is 0 Å². The number of anilines is 1. The van der Waals surface area contributed by atoms with E-state index in [0.717, 1.165) is 44.8 Å². The van der Waals surface area contributed by atoms with Crippen molar-refractivity contribution in [3.8, 4) is 0 Å². The molecule has 4 heteroatoms. The number of nitrogens with one attached hydrogen (secondary N) is 1. The maximum absolute atomic E-state index is 12.2. The number of carbonyl (C=O) groups excluding carboxylic acids is 1. The average molecular weight is 287 g/mol. The highest BCUT2D eigenvalue weighted by atomic mass is 16.2. The van der Waals surface area contributed by atoms with Crippen molar-refractivity contribution >= 4 is 11.6 Å². The molecule has 2 rings (SSSR count). The Kier molecular flexibility index (Phi) is 5.96. The van der Waals surface area contributed by atoms with Crippen LogP contribution in [0.1, 0.15) is 12.5 Å². The molecule has 1 heterocycles. The number of rotatable bonds is 6. The molecule has 0 aromatic heterocycles. The molecular formula is C17H25N3O. The molecule has 1 fully saturated rings. The minimum atomic E-state index is 0.0769. The summed E-state index contributed by atoms with van der Waals surface area (Å²) in [6, 6.07) is 8.00. The first-order valence-electron chi connectivity index (χ1n) is 7.66. The van der Waals surface area contributed by atoms with Crippen molar-refractivity contribution in [1.29, 1.82) is 0 Å². The number of para-hydroxylation sites is 1. The van der Waals surface area contributed by atoms with E-state index in [-0.39, 0.29) is 5.91 Å². The predicted molar refractivity (Wildman–Crippen MR) is 87.5 cm³/mol. The van der Waals surface area contributed by atoms with Gasteiger partial charge in [-0.2, -0.15) is 0 Å². The number of piperazine rings is 1. The number of aryl methyl sites for hydroxylation is 1. The van der Waals surface area contributed by atoms with Crippen LogP contribution in [0.15, 0.2) is 36.9 Å². The van der Waals surface area contributed by atoms with Gasteiger partial charge in [0.15, 0.2) is 0 Å². The molecule has 0 spiro atoms. The first kappa shape index (κ1) is 15.7. The number of carbonyl (C=O) groups is 1. The smallest absolute Gasteiger partial charge is 0.238 e. The summed E-state index contributed by atoms with van der Waals surface area (Å²) in [5, 5.41) is 3.03. The maximum atomic E-state index is 12.2. The summed E-state index contributed by atoms with van der Waals surface area (Å²) in [5.41, 5.74) is 2.12. The van der Waals surface area contributed by atoms with Gasteiger partial charge in [0.2, 0.25) is 5.91 Å². The van der Waals surface area contributed by atoms with Crippen LogP contribution in [0.3, 0.4) is 0 Å². The van der Waals surface area contributed by atoms with Gasteiger partial charge in [-0.1, -0.05) is 31.2 Å². The van der Waals surface area contributed by atoms with E-state index < -0.39 is 0 Å². The van der Waals surface area contributed by atoms with Crippen LogP contribution >= 0.6 is 0 Å². The molecule has 0 radical (unpaired) electrons. The Hall–Kier alpha value is -1.65. The Morgan fingerprint density at radius 2 is 1.90 bits per heavy atom. The van der Waals surface area contributed by atoms with Gasteiger partial charge >= 0.3 is 0 Å². The minimum Gasteiger partial charge on any atom is -0.325 e. The van der Waals surface area contributed by atoms with Crippen LogP contribution in [0, 0.1) is 0 Å². The lowest BCUT2D eigenvalue weighted by Crippen LogP contribution is -2.48. The molecular weight excluding hydrogens is 262 g/mol. The van der Waals surface area contributed by atoms with E-state index in [2.05, 4.69) is 34.7 Å². The number of benzene rings is 1. The third-order valence-corrected chi connectivity index (χ3v) is 3.89. The predicted octanol–water partition coefficient (Wildman–Crippen LogP) is 1.99. The van der Waals surface area contributed by atoms with Gasteiger partial charge in [0.25, 0.3) is 0 Å². The van der Waals surface area contributed by atoms with Gasteiger partial charge in [-0.25, -0.2) is 0 Å². The average Bonchev–Trinajstić information content (AvgIpc) is 2.50. The van der Waals surface area contributed by atoms with E-state index in [0.29, 0.717) is 6.54 Å². The summed E-state index contributed by atoms with van der Waals surface area (Å²) in [4.78, 5) is 16.7. The maximum Gasteiger partial charge on any atom is 0.238 e. The Morgan fingerprint density at radius 3 is 2.57 bits per heavy atom. The fourth-order valence-corrected chi connectivity index (χ4v) is 2.66. The van der Waals surface area contributed by atoms with Crippen molar-refractivity contribution in [3.05, 3.63) is 42.5 Å². The van der Waals surface area contributed by atoms with E-state index in [1.807, 2.05) is 24.3 Å². The third kappa shape index (κ3) is 4.69. The lowest BCUT2D eigenvalue weighted by Gasteiger charge is -2.33. The minimum absolute atomic E-state index is 0.0769. The third-order valence-electron chi connectivity index (χ3n) is 3.89. The molecule has 0 aliphatic carbocycles. The fraction of sp³-hybridized carbons (Fsp3) is 0.471. The first-order valence-corrected chi connectivity index (χ1v) is 7.66. The van der Waals surface area contributed by atoms with Crippen LogP contribution in [0.5, 0.6) is 0 Å². The van der Waals surface area contributed by atoms with Crippen molar-refractivity contribution in [2.75, 3.05) is 44.6 Å². The summed E-state index contributed by atoms with van der Waals surface area (Å²) in [6.07, 6.45) is 2.86. The zero-order valence-corrected chi connectivity index (χ0v) is 12.8. The van der Waals surface area contributed by atoms with Crippen molar-refractivity contribution in [2.24, 2.45) is 0 Å². The SMILES string of the molecule is C=CCN1CCN(CC(=O)Nc2ccccc2CC)CC1. The van der Waals surface area contributed by atoms with Gasteiger partial charge in [0.05, 0.1) is 6.54 Å². The van der Waals surface area contributed by atoms with Crippen LogP contribution in [0.4, 0.5) is 5.69 Å². The summed E-state index contributed by atoms with van der Waals surface area (Å²) >= 11 is 0. The first-order chi connectivity index (χ1) is 10.2. The second kappa shape index (κ2) is 7.96. The van der Waals surface area contributed by atoms with Crippen LogP contribution in [0.25, 0.3) is 0 Å². The molecule has 0 atom stereocenters. The highest BCUT2D eigenvalue weighted by molar-refractivity contribution is 5.93.